The van der Waals surface area contributed by atoms with Crippen LogP contribution in [0.25, 0.3) is 0 Å². The molecule has 2 atom stereocenters. The van der Waals surface area contributed by atoms with Crippen LogP contribution in [-0.2, 0) is 33.3 Å². The van der Waals surface area contributed by atoms with Crippen LogP contribution in [0.2, 0.25) is 0 Å². The van der Waals surface area contributed by atoms with Crippen molar-refractivity contribution < 1.29 is 42.9 Å². The highest BCUT2D eigenvalue weighted by molar-refractivity contribution is 5.71. The highest BCUT2D eigenvalue weighted by atomic mass is 16.7. The van der Waals surface area contributed by atoms with Crippen LogP contribution in [0, 0.1) is 0 Å². The maximum Gasteiger partial charge on any atom is 0.361 e. The number of carboxylic acids is 1. The molecular weight excluding hydrogens is 1050 g/mol. The molecule has 0 aliphatic heterocycles. The van der Waals surface area contributed by atoms with Crippen molar-refractivity contribution in [3.8, 4) is 0 Å². The lowest BCUT2D eigenvalue weighted by molar-refractivity contribution is -0.870. The molecule has 0 saturated carbocycles. The molecule has 2 unspecified atom stereocenters. The number of esters is 2. The van der Waals surface area contributed by atoms with Gasteiger partial charge >= 0.3 is 17.9 Å². The number of carbonyl (C=O) groups excluding carboxylic acids is 2. The van der Waals surface area contributed by atoms with Crippen molar-refractivity contribution in [1.29, 1.82) is 0 Å². The summed E-state index contributed by atoms with van der Waals surface area (Å²) in [5.74, 6) is -2.00. The molecule has 85 heavy (non-hydrogen) atoms. The van der Waals surface area contributed by atoms with E-state index in [0.717, 1.165) is 96.3 Å². The van der Waals surface area contributed by atoms with Crippen LogP contribution < -0.4 is 0 Å². The summed E-state index contributed by atoms with van der Waals surface area (Å²) >= 11 is 0. The number of nitrogens with zero attached hydrogens (tertiary/aromatic N) is 1. The summed E-state index contributed by atoms with van der Waals surface area (Å²) in [5.41, 5.74) is 0. The molecule has 0 bridgehead atoms. The number of hydrogen-bond donors (Lipinski definition) is 1. The topological polar surface area (TPSA) is 108 Å². The number of carboxylic acid groups (broad SMARTS) is 1. The van der Waals surface area contributed by atoms with Crippen molar-refractivity contribution in [2.75, 3.05) is 47.5 Å². The smallest absolute Gasteiger partial charge is 0.361 e. The quantitative estimate of drug-likeness (QED) is 0.0211. The number of likely N-dealkylation sites (N-methyl/N-ethyl adjacent to an activating group) is 1. The second-order valence-corrected chi connectivity index (χ2v) is 24.8. The zero-order valence-corrected chi connectivity index (χ0v) is 56.0. The van der Waals surface area contributed by atoms with Gasteiger partial charge < -0.3 is 28.5 Å². The predicted molar refractivity (Wildman–Crippen MR) is 364 cm³/mol. The molecular formula is C76H134NO8+. The van der Waals surface area contributed by atoms with E-state index in [0.29, 0.717) is 17.4 Å². The summed E-state index contributed by atoms with van der Waals surface area (Å²) in [5, 5.41) is 9.75. The van der Waals surface area contributed by atoms with E-state index in [1.165, 1.54) is 186 Å². The Kier molecular flexibility index (Phi) is 63.2. The van der Waals surface area contributed by atoms with E-state index in [1.807, 2.05) is 21.1 Å². The summed E-state index contributed by atoms with van der Waals surface area (Å²) in [4.78, 5) is 37.6. The number of allylic oxidation sites excluding steroid dienone is 16. The molecule has 0 amide bonds. The minimum atomic E-state index is -1.51. The Labute approximate surface area is 524 Å². The lowest BCUT2D eigenvalue weighted by Crippen LogP contribution is -2.40. The average molecular weight is 1190 g/mol. The van der Waals surface area contributed by atoms with Crippen LogP contribution in [0.1, 0.15) is 309 Å². The van der Waals surface area contributed by atoms with E-state index in [2.05, 4.69) is 111 Å². The molecule has 0 aromatic carbocycles. The minimum absolute atomic E-state index is 0.185. The summed E-state index contributed by atoms with van der Waals surface area (Å²) in [7, 11) is 5.98. The van der Waals surface area contributed by atoms with Gasteiger partial charge in [-0.2, -0.15) is 0 Å². The first-order chi connectivity index (χ1) is 41.6. The monoisotopic (exact) mass is 1190 g/mol. The van der Waals surface area contributed by atoms with E-state index in [9.17, 15) is 19.5 Å². The molecule has 9 nitrogen and oxygen atoms in total. The van der Waals surface area contributed by atoms with E-state index in [1.54, 1.807) is 0 Å². The fourth-order valence-electron chi connectivity index (χ4n) is 10.00. The first-order valence-corrected chi connectivity index (χ1v) is 35.4. The summed E-state index contributed by atoms with van der Waals surface area (Å²) in [6.45, 7) is 4.68. The Balaban J connectivity index is 4.04. The maximum atomic E-state index is 12.9. The maximum absolute atomic E-state index is 12.9. The zero-order valence-electron chi connectivity index (χ0n) is 56.0. The van der Waals surface area contributed by atoms with Gasteiger partial charge in [-0.3, -0.25) is 9.59 Å². The Morgan fingerprint density at radius 1 is 0.353 bits per heavy atom. The van der Waals surface area contributed by atoms with Crippen molar-refractivity contribution in [3.63, 3.8) is 0 Å². The van der Waals surface area contributed by atoms with Crippen LogP contribution >= 0.6 is 0 Å². The molecule has 9 heteroatoms. The number of rotatable bonds is 65. The Morgan fingerprint density at radius 2 is 0.635 bits per heavy atom. The number of unbranched alkanes of at least 4 members (excludes halogenated alkanes) is 34. The first kappa shape index (κ1) is 81.2. The molecule has 0 rings (SSSR count). The van der Waals surface area contributed by atoms with Crippen LogP contribution in [0.4, 0.5) is 0 Å². The Bertz CT molecular complexity index is 1720. The number of ether oxygens (including phenoxy) is 4. The second-order valence-electron chi connectivity index (χ2n) is 24.8. The summed E-state index contributed by atoms with van der Waals surface area (Å²) in [6.07, 6.45) is 88.2. The molecule has 0 aromatic heterocycles. The standard InChI is InChI=1S/C76H133NO8/c1-6-8-10-12-14-16-18-20-22-24-26-28-30-31-32-33-34-35-36-37-38-39-40-41-42-43-45-47-49-51-53-55-57-59-61-63-65-67-74(79)85-72(71-84-76(75(80)81)82-69-68-77(3,4)5)70-83-73(78)66-64-62-60-58-56-54-52-50-48-46-44-29-27-25-23-21-19-17-15-13-11-9-7-2/h8-11,14-17,20-23,26-29,72,76H,6-7,12-13,18-19,24-25,30-71H2,1-5H3/p+1/b10-8-,11-9-,16-14-,17-15-,22-20-,23-21-,28-26-,29-27-. The molecule has 0 aliphatic carbocycles. The fraction of sp³-hybridized carbons (Fsp3) is 0.750. The SMILES string of the molecule is CC/C=C\C/C=C\C/C=C\C/C=C\CCCCCCCCCCCCCCCCCCCCCCCCCCC(=O)OC(COC(=O)CCCCCCCCCCCC/C=C\C/C=C\C/C=C\C/C=C\CC)COC(OCC[N+](C)(C)C)C(=O)O. The highest BCUT2D eigenvalue weighted by Gasteiger charge is 2.25. The van der Waals surface area contributed by atoms with Crippen LogP contribution in [0.15, 0.2) is 97.2 Å². The van der Waals surface area contributed by atoms with Gasteiger partial charge in [0.1, 0.15) is 13.2 Å². The number of quaternary nitrogens is 1. The van der Waals surface area contributed by atoms with E-state index in [-0.39, 0.29) is 32.2 Å². The van der Waals surface area contributed by atoms with Crippen molar-refractivity contribution in [2.45, 2.75) is 322 Å². The largest absolute Gasteiger partial charge is 0.477 e. The van der Waals surface area contributed by atoms with Crippen LogP contribution in [-0.4, -0.2) is 87.4 Å². The van der Waals surface area contributed by atoms with Crippen LogP contribution in [0.5, 0.6) is 0 Å². The Hall–Kier alpha value is -3.79. The molecule has 0 spiro atoms. The van der Waals surface area contributed by atoms with E-state index < -0.39 is 24.3 Å². The summed E-state index contributed by atoms with van der Waals surface area (Å²) < 4.78 is 23.0. The molecule has 490 valence electrons. The molecule has 0 aliphatic rings. The van der Waals surface area contributed by atoms with Gasteiger partial charge in [-0.05, 0) is 89.9 Å². The average Bonchev–Trinajstić information content (AvgIpc) is 3.48. The van der Waals surface area contributed by atoms with Gasteiger partial charge in [-0.1, -0.05) is 304 Å². The van der Waals surface area contributed by atoms with Crippen molar-refractivity contribution >= 4 is 17.9 Å². The van der Waals surface area contributed by atoms with E-state index in [4.69, 9.17) is 18.9 Å². The van der Waals surface area contributed by atoms with Gasteiger partial charge in [-0.15, -0.1) is 0 Å². The molecule has 0 fully saturated rings. The van der Waals surface area contributed by atoms with Gasteiger partial charge in [0.15, 0.2) is 6.10 Å². The lowest BCUT2D eigenvalue weighted by Gasteiger charge is -2.25. The second kappa shape index (κ2) is 66.2. The molecule has 1 N–H and O–H groups in total. The molecule has 0 saturated heterocycles. The van der Waals surface area contributed by atoms with Gasteiger partial charge in [0.05, 0.1) is 34.4 Å². The molecule has 0 heterocycles. The third-order valence-electron chi connectivity index (χ3n) is 15.3. The number of aliphatic carboxylic acids is 1. The third kappa shape index (κ3) is 67.6. The molecule has 0 aromatic rings. The van der Waals surface area contributed by atoms with Gasteiger partial charge in [0.2, 0.25) is 0 Å². The lowest BCUT2D eigenvalue weighted by atomic mass is 10.0. The van der Waals surface area contributed by atoms with Gasteiger partial charge in [0.25, 0.3) is 6.29 Å². The highest BCUT2D eigenvalue weighted by Crippen LogP contribution is 2.18. The summed E-state index contributed by atoms with van der Waals surface area (Å²) in [6, 6.07) is 0. The van der Waals surface area contributed by atoms with E-state index >= 15 is 0 Å². The van der Waals surface area contributed by atoms with Crippen molar-refractivity contribution in [1.82, 2.24) is 0 Å². The Morgan fingerprint density at radius 3 is 0.941 bits per heavy atom. The van der Waals surface area contributed by atoms with Crippen molar-refractivity contribution in [3.05, 3.63) is 97.2 Å². The van der Waals surface area contributed by atoms with Crippen LogP contribution in [0.3, 0.4) is 0 Å². The third-order valence-corrected chi connectivity index (χ3v) is 15.3. The minimum Gasteiger partial charge on any atom is -0.477 e. The first-order valence-electron chi connectivity index (χ1n) is 35.4. The fourth-order valence-corrected chi connectivity index (χ4v) is 10.00. The van der Waals surface area contributed by atoms with Gasteiger partial charge in [0, 0.05) is 12.8 Å². The number of carbonyl (C=O) groups is 3. The number of hydrogen-bond acceptors (Lipinski definition) is 7. The normalized spacial score (nSPS) is 13.3. The molecule has 0 radical (unpaired) electrons. The van der Waals surface area contributed by atoms with Gasteiger partial charge in [-0.25, -0.2) is 4.79 Å². The van der Waals surface area contributed by atoms with Crippen molar-refractivity contribution in [2.24, 2.45) is 0 Å². The predicted octanol–water partition coefficient (Wildman–Crippen LogP) is 22.0. The zero-order chi connectivity index (χ0) is 61.9.